The number of methoxy groups -OCH3 is 1. The van der Waals surface area contributed by atoms with Crippen molar-refractivity contribution in [2.45, 2.75) is 0 Å². The highest BCUT2D eigenvalue weighted by atomic mass is 16.5. The van der Waals surface area contributed by atoms with E-state index < -0.39 is 0 Å². The van der Waals surface area contributed by atoms with Crippen LogP contribution in [0.3, 0.4) is 0 Å². The van der Waals surface area contributed by atoms with Crippen LogP contribution in [0.5, 0.6) is 17.2 Å². The zero-order valence-corrected chi connectivity index (χ0v) is 9.91. The number of carbonyl (C=O) groups is 1. The van der Waals surface area contributed by atoms with Crippen LogP contribution in [0.15, 0.2) is 48.5 Å². The van der Waals surface area contributed by atoms with Crippen molar-refractivity contribution in [3.8, 4) is 17.2 Å². The lowest BCUT2D eigenvalue weighted by atomic mass is 10.2. The van der Waals surface area contributed by atoms with Crippen molar-refractivity contribution in [3.63, 3.8) is 0 Å². The van der Waals surface area contributed by atoms with Gasteiger partial charge < -0.3 is 14.9 Å². The lowest BCUT2D eigenvalue weighted by Crippen LogP contribution is -1.85. The zero-order chi connectivity index (χ0) is 13.4. The lowest BCUT2D eigenvalue weighted by molar-refractivity contribution is 0.112. The number of aromatic hydroxyl groups is 2. The van der Waals surface area contributed by atoms with Gasteiger partial charge in [-0.1, -0.05) is 18.2 Å². The maximum absolute atomic E-state index is 10.2. The molecule has 0 amide bonds. The third-order valence-electron chi connectivity index (χ3n) is 2.10. The number of hydrogen-bond donors (Lipinski definition) is 2. The summed E-state index contributed by atoms with van der Waals surface area (Å²) in [6.07, 6.45) is 0.696. The largest absolute Gasteiger partial charge is 0.508 e. The molecule has 4 nitrogen and oxygen atoms in total. The second-order valence-corrected chi connectivity index (χ2v) is 3.38. The van der Waals surface area contributed by atoms with Crippen LogP contribution >= 0.6 is 0 Å². The van der Waals surface area contributed by atoms with E-state index in [0.717, 1.165) is 0 Å². The van der Waals surface area contributed by atoms with Crippen molar-refractivity contribution in [2.24, 2.45) is 0 Å². The summed E-state index contributed by atoms with van der Waals surface area (Å²) in [6.45, 7) is 0. The number of ether oxygens (including phenoxy) is 1. The summed E-state index contributed by atoms with van der Waals surface area (Å²) in [6, 6.07) is 13.1. The molecule has 4 heteroatoms. The molecule has 0 radical (unpaired) electrons. The molecule has 18 heavy (non-hydrogen) atoms. The Morgan fingerprint density at radius 2 is 1.72 bits per heavy atom. The van der Waals surface area contributed by atoms with Crippen molar-refractivity contribution in [1.82, 2.24) is 0 Å². The summed E-state index contributed by atoms with van der Waals surface area (Å²) in [5, 5.41) is 17.7. The molecular formula is C14H14O4. The molecule has 0 fully saturated rings. The van der Waals surface area contributed by atoms with E-state index in [-0.39, 0.29) is 5.75 Å². The van der Waals surface area contributed by atoms with Gasteiger partial charge in [-0.2, -0.15) is 0 Å². The Labute approximate surface area is 105 Å². The maximum Gasteiger partial charge on any atom is 0.161 e. The van der Waals surface area contributed by atoms with Gasteiger partial charge in [-0.15, -0.1) is 0 Å². The Bertz CT molecular complexity index is 494. The van der Waals surface area contributed by atoms with Crippen LogP contribution in [0, 0.1) is 0 Å². The van der Waals surface area contributed by atoms with E-state index in [0.29, 0.717) is 23.3 Å². The number of hydrogen-bond acceptors (Lipinski definition) is 4. The van der Waals surface area contributed by atoms with E-state index in [2.05, 4.69) is 0 Å². The lowest BCUT2D eigenvalue weighted by Gasteiger charge is -2.01. The molecular weight excluding hydrogens is 232 g/mol. The standard InChI is InChI=1S/C8H8O3.C6H6O/c1-11-8-4-6(5-9)2-3-7(8)10;7-6-4-2-1-3-5-6/h2-5,10H,1H3;1-5,7H. The van der Waals surface area contributed by atoms with Crippen LogP contribution in [0.2, 0.25) is 0 Å². The van der Waals surface area contributed by atoms with E-state index in [1.165, 1.54) is 25.3 Å². The minimum atomic E-state index is 0.0399. The van der Waals surface area contributed by atoms with Gasteiger partial charge in [-0.05, 0) is 30.3 Å². The van der Waals surface area contributed by atoms with Crippen molar-refractivity contribution in [3.05, 3.63) is 54.1 Å². The highest BCUT2D eigenvalue weighted by Crippen LogP contribution is 2.25. The first kappa shape index (κ1) is 13.6. The van der Waals surface area contributed by atoms with Gasteiger partial charge in [0.05, 0.1) is 7.11 Å². The minimum absolute atomic E-state index is 0.0399. The van der Waals surface area contributed by atoms with Crippen molar-refractivity contribution in [2.75, 3.05) is 7.11 Å². The van der Waals surface area contributed by atoms with Gasteiger partial charge in [0.25, 0.3) is 0 Å². The molecule has 0 unspecified atom stereocenters. The van der Waals surface area contributed by atoms with Crippen LogP contribution in [0.1, 0.15) is 10.4 Å². The molecule has 0 spiro atoms. The number of phenols is 2. The summed E-state index contributed by atoms with van der Waals surface area (Å²) < 4.78 is 4.78. The van der Waals surface area contributed by atoms with Gasteiger partial charge in [0.1, 0.15) is 12.0 Å². The third kappa shape index (κ3) is 4.17. The molecule has 0 aliphatic rings. The maximum atomic E-state index is 10.2. The van der Waals surface area contributed by atoms with Crippen LogP contribution in [0.25, 0.3) is 0 Å². The van der Waals surface area contributed by atoms with Crippen molar-refractivity contribution < 1.29 is 19.7 Å². The van der Waals surface area contributed by atoms with Crippen molar-refractivity contribution >= 4 is 6.29 Å². The topological polar surface area (TPSA) is 66.8 Å². The van der Waals surface area contributed by atoms with Crippen LogP contribution in [-0.4, -0.2) is 23.6 Å². The van der Waals surface area contributed by atoms with Crippen LogP contribution < -0.4 is 4.74 Å². The van der Waals surface area contributed by atoms with Gasteiger partial charge in [-0.25, -0.2) is 0 Å². The molecule has 0 aliphatic carbocycles. The Kier molecular flexibility index (Phi) is 5.25. The second-order valence-electron chi connectivity index (χ2n) is 3.38. The van der Waals surface area contributed by atoms with E-state index >= 15 is 0 Å². The molecule has 0 saturated carbocycles. The Balaban J connectivity index is 0.000000199. The fourth-order valence-corrected chi connectivity index (χ4v) is 1.20. The average Bonchev–Trinajstić information content (AvgIpc) is 2.41. The first-order valence-electron chi connectivity index (χ1n) is 5.23. The van der Waals surface area contributed by atoms with E-state index in [1.54, 1.807) is 24.3 Å². The second kappa shape index (κ2) is 6.96. The Hall–Kier alpha value is -2.49. The summed E-state index contributed by atoms with van der Waals surface area (Å²) in [7, 11) is 1.43. The molecule has 0 heterocycles. The fourth-order valence-electron chi connectivity index (χ4n) is 1.20. The zero-order valence-electron chi connectivity index (χ0n) is 9.91. The third-order valence-corrected chi connectivity index (χ3v) is 2.10. The quantitative estimate of drug-likeness (QED) is 0.799. The average molecular weight is 246 g/mol. The molecule has 2 aromatic rings. The van der Waals surface area contributed by atoms with Gasteiger partial charge >= 0.3 is 0 Å². The van der Waals surface area contributed by atoms with Crippen molar-refractivity contribution in [1.29, 1.82) is 0 Å². The number of carbonyl (C=O) groups excluding carboxylic acids is 1. The number of phenolic OH excluding ortho intramolecular Hbond substituents is 2. The Morgan fingerprint density at radius 3 is 2.17 bits per heavy atom. The molecule has 0 atom stereocenters. The summed E-state index contributed by atoms with van der Waals surface area (Å²) in [4.78, 5) is 10.2. The number of aldehydes is 1. The molecule has 2 rings (SSSR count). The molecule has 2 N–H and O–H groups in total. The van der Waals surface area contributed by atoms with Gasteiger partial charge in [0.2, 0.25) is 0 Å². The van der Waals surface area contributed by atoms with Gasteiger partial charge in [0, 0.05) is 5.56 Å². The monoisotopic (exact) mass is 246 g/mol. The minimum Gasteiger partial charge on any atom is -0.508 e. The van der Waals surface area contributed by atoms with Crippen LogP contribution in [0.4, 0.5) is 0 Å². The van der Waals surface area contributed by atoms with E-state index in [9.17, 15) is 4.79 Å². The summed E-state index contributed by atoms with van der Waals surface area (Å²) in [5.41, 5.74) is 0.486. The molecule has 0 bridgehead atoms. The number of para-hydroxylation sites is 1. The predicted octanol–water partition coefficient (Wildman–Crippen LogP) is 2.61. The summed E-state index contributed by atoms with van der Waals surface area (Å²) >= 11 is 0. The molecule has 0 saturated heterocycles. The summed E-state index contributed by atoms with van der Waals surface area (Å²) in [5.74, 6) is 0.676. The van der Waals surface area contributed by atoms with Gasteiger partial charge in [-0.3, -0.25) is 4.79 Å². The SMILES string of the molecule is COc1cc(C=O)ccc1O.Oc1ccccc1. The molecule has 94 valence electrons. The van der Waals surface area contributed by atoms with E-state index in [1.807, 2.05) is 6.07 Å². The molecule has 0 aromatic heterocycles. The van der Waals surface area contributed by atoms with Gasteiger partial charge in [0.15, 0.2) is 11.5 Å². The number of benzene rings is 2. The highest BCUT2D eigenvalue weighted by molar-refractivity contribution is 5.76. The Morgan fingerprint density at radius 1 is 1.06 bits per heavy atom. The fraction of sp³-hybridized carbons (Fsp3) is 0.0714. The van der Waals surface area contributed by atoms with Crippen LogP contribution in [-0.2, 0) is 0 Å². The van der Waals surface area contributed by atoms with E-state index in [4.69, 9.17) is 14.9 Å². The first-order chi connectivity index (χ1) is 8.67. The predicted molar refractivity (Wildman–Crippen MR) is 68.2 cm³/mol. The smallest absolute Gasteiger partial charge is 0.161 e. The number of rotatable bonds is 2. The molecule has 2 aromatic carbocycles. The first-order valence-corrected chi connectivity index (χ1v) is 5.23. The highest BCUT2D eigenvalue weighted by Gasteiger charge is 2.00. The molecule has 0 aliphatic heterocycles. The normalized spacial score (nSPS) is 8.94.